The van der Waals surface area contributed by atoms with Crippen molar-refractivity contribution in [2.75, 3.05) is 19.6 Å². The van der Waals surface area contributed by atoms with Gasteiger partial charge < -0.3 is 14.6 Å². The van der Waals surface area contributed by atoms with Gasteiger partial charge in [-0.15, -0.1) is 4.91 Å². The minimum absolute atomic E-state index is 0.127. The number of imidazole rings is 1. The van der Waals surface area contributed by atoms with E-state index < -0.39 is 6.10 Å². The Hall–Kier alpha value is -1.21. The van der Waals surface area contributed by atoms with Crippen molar-refractivity contribution >= 4 is 13.2 Å². The molecule has 6 nitrogen and oxygen atoms in total. The summed E-state index contributed by atoms with van der Waals surface area (Å²) in [6.45, 7) is 7.50. The van der Waals surface area contributed by atoms with Crippen LogP contribution in [0.15, 0.2) is 17.6 Å². The summed E-state index contributed by atoms with van der Waals surface area (Å²) in [7, 11) is 2.28. The highest BCUT2D eigenvalue weighted by molar-refractivity contribution is 6.35. The molecular weight excluding hydrogens is 279 g/mol. The number of β-amino-alcohol motifs (C(OH)–C–C–N with tert-alkyl or cyclic N) is 1. The Bertz CT molecular complexity index is 460. The third kappa shape index (κ3) is 4.92. The summed E-state index contributed by atoms with van der Waals surface area (Å²) in [6, 6.07) is 0. The van der Waals surface area contributed by atoms with E-state index in [0.29, 0.717) is 18.9 Å². The monoisotopic (exact) mass is 305 g/mol. The van der Waals surface area contributed by atoms with Crippen molar-refractivity contribution in [3.63, 3.8) is 0 Å². The van der Waals surface area contributed by atoms with Crippen LogP contribution in [0.1, 0.15) is 26.2 Å². The van der Waals surface area contributed by atoms with E-state index >= 15 is 0 Å². The predicted octanol–water partition coefficient (Wildman–Crippen LogP) is 2.30. The van der Waals surface area contributed by atoms with E-state index in [4.69, 9.17) is 0 Å². The molecule has 7 heteroatoms. The number of aliphatic hydroxyl groups is 1. The molecule has 0 saturated carbocycles. The molecule has 1 aromatic rings. The predicted molar refractivity (Wildman–Crippen MR) is 88.5 cm³/mol. The van der Waals surface area contributed by atoms with Crippen LogP contribution in [0, 0.1) is 10.8 Å². The van der Waals surface area contributed by atoms with Gasteiger partial charge in [0.25, 0.3) is 5.95 Å². The minimum Gasteiger partial charge on any atom is -0.390 e. The maximum atomic E-state index is 10.6. The van der Waals surface area contributed by atoms with Crippen LogP contribution in [-0.2, 0) is 6.54 Å². The Morgan fingerprint density at radius 2 is 2.18 bits per heavy atom. The molecule has 1 N–H and O–H groups in total. The zero-order valence-electron chi connectivity index (χ0n) is 13.6. The van der Waals surface area contributed by atoms with Crippen LogP contribution in [0.3, 0.4) is 0 Å². The highest BCUT2D eigenvalue weighted by Crippen LogP contribution is 2.26. The molecule has 0 aliphatic carbocycles. The van der Waals surface area contributed by atoms with Gasteiger partial charge in [-0.3, -0.25) is 0 Å². The molecule has 1 radical (unpaired) electrons. The number of rotatable bonds is 8. The lowest BCUT2D eigenvalue weighted by Gasteiger charge is -2.34. The maximum Gasteiger partial charge on any atom is 0.271 e. The Balaban J connectivity index is 1.72. The Morgan fingerprint density at radius 3 is 2.82 bits per heavy atom. The van der Waals surface area contributed by atoms with Crippen molar-refractivity contribution in [1.29, 1.82) is 0 Å². The van der Waals surface area contributed by atoms with Gasteiger partial charge in [-0.05, 0) is 31.8 Å². The first-order valence-electron chi connectivity index (χ1n) is 8.16. The number of nitrogens with zero attached hydrogens (tertiary/aromatic N) is 4. The fraction of sp³-hybridized carbons (Fsp3) is 0.800. The van der Waals surface area contributed by atoms with Crippen LogP contribution in [0.25, 0.3) is 0 Å². The summed E-state index contributed by atoms with van der Waals surface area (Å²) in [4.78, 5) is 16.7. The summed E-state index contributed by atoms with van der Waals surface area (Å²) in [5.41, 5.74) is 0. The summed E-state index contributed by atoms with van der Waals surface area (Å²) >= 11 is 0. The fourth-order valence-corrected chi connectivity index (χ4v) is 3.19. The zero-order valence-corrected chi connectivity index (χ0v) is 13.6. The molecule has 121 valence electrons. The number of hydrogen-bond acceptors (Lipinski definition) is 5. The quantitative estimate of drug-likeness (QED) is 0.591. The third-order valence-electron chi connectivity index (χ3n) is 4.63. The average Bonchev–Trinajstić information content (AvgIpc) is 2.96. The van der Waals surface area contributed by atoms with Gasteiger partial charge in [0.05, 0.1) is 12.6 Å². The second-order valence-corrected chi connectivity index (χ2v) is 6.42. The van der Waals surface area contributed by atoms with E-state index in [1.54, 1.807) is 10.8 Å². The van der Waals surface area contributed by atoms with Gasteiger partial charge in [0, 0.05) is 24.1 Å². The van der Waals surface area contributed by atoms with Crippen LogP contribution in [-0.4, -0.2) is 52.6 Å². The van der Waals surface area contributed by atoms with E-state index in [9.17, 15) is 10.0 Å². The van der Waals surface area contributed by atoms with Gasteiger partial charge in [0.2, 0.25) is 0 Å². The van der Waals surface area contributed by atoms with E-state index in [1.807, 2.05) is 0 Å². The SMILES string of the molecule is C[B]C(C)CC1CCN(CC(O)Cn2ccnc2N=O)CC1. The topological polar surface area (TPSA) is 70.7 Å². The molecule has 1 aliphatic heterocycles. The average molecular weight is 305 g/mol. The normalized spacial score (nSPS) is 19.8. The first-order chi connectivity index (χ1) is 10.6. The van der Waals surface area contributed by atoms with Gasteiger partial charge in [0.1, 0.15) is 7.28 Å². The molecule has 0 spiro atoms. The lowest BCUT2D eigenvalue weighted by molar-refractivity contribution is 0.0774. The molecule has 1 aliphatic rings. The van der Waals surface area contributed by atoms with Gasteiger partial charge in [-0.1, -0.05) is 26.0 Å². The fourth-order valence-electron chi connectivity index (χ4n) is 3.19. The molecule has 0 aromatic carbocycles. The van der Waals surface area contributed by atoms with Crippen LogP contribution in [0.4, 0.5) is 5.95 Å². The second kappa shape index (κ2) is 8.43. The molecular formula is C15H26BN4O2. The molecule has 1 fully saturated rings. The van der Waals surface area contributed by atoms with E-state index in [2.05, 4.69) is 36.1 Å². The van der Waals surface area contributed by atoms with Crippen molar-refractivity contribution in [1.82, 2.24) is 14.5 Å². The standard InChI is InChI=1S/C15H26BN4O2/c1-12(16-2)9-13-3-6-19(7-4-13)10-14(21)11-20-8-5-17-15(20)18-22/h5,8,12-14,21H,3-4,6-7,9-11H2,1-2H3. The number of likely N-dealkylation sites (tertiary alicyclic amines) is 1. The molecule has 1 saturated heterocycles. The van der Waals surface area contributed by atoms with Gasteiger partial charge in [-0.25, -0.2) is 4.98 Å². The van der Waals surface area contributed by atoms with Crippen LogP contribution >= 0.6 is 0 Å². The Labute approximate surface area is 133 Å². The highest BCUT2D eigenvalue weighted by Gasteiger charge is 2.22. The number of hydrogen-bond donors (Lipinski definition) is 1. The molecule has 2 atom stereocenters. The van der Waals surface area contributed by atoms with Crippen molar-refractivity contribution in [2.24, 2.45) is 11.1 Å². The number of aliphatic hydroxyl groups excluding tert-OH is 1. The van der Waals surface area contributed by atoms with E-state index in [-0.39, 0.29) is 5.95 Å². The highest BCUT2D eigenvalue weighted by atomic mass is 16.3. The minimum atomic E-state index is -0.505. The first kappa shape index (κ1) is 17.2. The van der Waals surface area contributed by atoms with Gasteiger partial charge in [-0.2, -0.15) is 0 Å². The smallest absolute Gasteiger partial charge is 0.271 e. The summed E-state index contributed by atoms with van der Waals surface area (Å²) in [5.74, 6) is 1.62. The third-order valence-corrected chi connectivity index (χ3v) is 4.63. The van der Waals surface area contributed by atoms with Gasteiger partial charge >= 0.3 is 0 Å². The number of nitroso groups, excluding NO2 is 1. The number of piperidine rings is 1. The molecule has 2 rings (SSSR count). The van der Waals surface area contributed by atoms with Crippen molar-refractivity contribution < 1.29 is 5.11 Å². The first-order valence-corrected chi connectivity index (χ1v) is 8.16. The maximum absolute atomic E-state index is 10.6. The zero-order chi connectivity index (χ0) is 15.9. The van der Waals surface area contributed by atoms with Gasteiger partial charge in [0.15, 0.2) is 0 Å². The van der Waals surface area contributed by atoms with Crippen molar-refractivity contribution in [3.8, 4) is 0 Å². The molecule has 1 aromatic heterocycles. The lowest BCUT2D eigenvalue weighted by atomic mass is 9.64. The van der Waals surface area contributed by atoms with Crippen molar-refractivity contribution in [3.05, 3.63) is 17.3 Å². The van der Waals surface area contributed by atoms with Crippen LogP contribution < -0.4 is 0 Å². The van der Waals surface area contributed by atoms with E-state index in [1.165, 1.54) is 25.5 Å². The van der Waals surface area contributed by atoms with E-state index in [0.717, 1.165) is 19.0 Å². The largest absolute Gasteiger partial charge is 0.390 e. The Kier molecular flexibility index (Phi) is 6.58. The molecule has 2 unspecified atom stereocenters. The Morgan fingerprint density at radius 1 is 1.45 bits per heavy atom. The summed E-state index contributed by atoms with van der Waals surface area (Å²) in [5, 5.41) is 13.1. The van der Waals surface area contributed by atoms with Crippen molar-refractivity contribution in [2.45, 2.75) is 51.5 Å². The summed E-state index contributed by atoms with van der Waals surface area (Å²) < 4.78 is 1.60. The molecule has 22 heavy (non-hydrogen) atoms. The number of aromatic nitrogens is 2. The van der Waals surface area contributed by atoms with Crippen LogP contribution in [0.5, 0.6) is 0 Å². The molecule has 0 amide bonds. The second-order valence-electron chi connectivity index (χ2n) is 6.42. The summed E-state index contributed by atoms with van der Waals surface area (Å²) in [6.07, 6.45) is 6.38. The molecule has 2 heterocycles. The van der Waals surface area contributed by atoms with Crippen LogP contribution in [0.2, 0.25) is 12.6 Å². The lowest BCUT2D eigenvalue weighted by Crippen LogP contribution is -2.40. The molecule has 0 bridgehead atoms.